The second-order valence-corrected chi connectivity index (χ2v) is 2.67. The molecule has 1 nitrogen and oxygen atoms in total. The standard InChI is InChI=1S/C9H18O/c1-4-7-9(10)8(5-2)6-3/h4,8-10H,1,5-7H2,2-3H3/t9-/m1/s1. The van der Waals surface area contributed by atoms with Crippen LogP contribution < -0.4 is 0 Å². The van der Waals surface area contributed by atoms with E-state index < -0.39 is 0 Å². The van der Waals surface area contributed by atoms with Crippen LogP contribution in [-0.2, 0) is 0 Å². The molecule has 0 aromatic carbocycles. The summed E-state index contributed by atoms with van der Waals surface area (Å²) in [6, 6.07) is 0. The molecule has 1 heteroatoms. The number of hydrogen-bond acceptors (Lipinski definition) is 1. The van der Waals surface area contributed by atoms with Gasteiger partial charge in [-0.15, -0.1) is 6.58 Å². The van der Waals surface area contributed by atoms with Gasteiger partial charge in [0.2, 0.25) is 0 Å². The smallest absolute Gasteiger partial charge is 0.0602 e. The first-order chi connectivity index (χ1) is 4.76. The van der Waals surface area contributed by atoms with Crippen molar-refractivity contribution in [1.29, 1.82) is 0 Å². The average Bonchev–Trinajstić information content (AvgIpc) is 1.91. The number of aliphatic hydroxyl groups excluding tert-OH is 1. The summed E-state index contributed by atoms with van der Waals surface area (Å²) in [6.45, 7) is 7.81. The summed E-state index contributed by atoms with van der Waals surface area (Å²) >= 11 is 0. The molecule has 0 unspecified atom stereocenters. The molecule has 0 saturated heterocycles. The van der Waals surface area contributed by atoms with Crippen LogP contribution in [0.1, 0.15) is 33.1 Å². The van der Waals surface area contributed by atoms with E-state index in [2.05, 4.69) is 20.4 Å². The van der Waals surface area contributed by atoms with Crippen molar-refractivity contribution < 1.29 is 5.11 Å². The van der Waals surface area contributed by atoms with E-state index in [1.165, 1.54) is 0 Å². The molecular formula is C9H18O. The van der Waals surface area contributed by atoms with Crippen molar-refractivity contribution in [3.8, 4) is 0 Å². The van der Waals surface area contributed by atoms with Crippen LogP contribution in [0.5, 0.6) is 0 Å². The van der Waals surface area contributed by atoms with Crippen LogP contribution in [0.4, 0.5) is 0 Å². The molecule has 0 heterocycles. The Bertz CT molecular complexity index is 84.7. The minimum absolute atomic E-state index is 0.174. The zero-order chi connectivity index (χ0) is 7.98. The van der Waals surface area contributed by atoms with E-state index in [-0.39, 0.29) is 6.10 Å². The predicted molar refractivity (Wildman–Crippen MR) is 44.9 cm³/mol. The zero-order valence-corrected chi connectivity index (χ0v) is 7.01. The quantitative estimate of drug-likeness (QED) is 0.584. The fourth-order valence-electron chi connectivity index (χ4n) is 1.20. The van der Waals surface area contributed by atoms with Crippen LogP contribution in [0, 0.1) is 5.92 Å². The Hall–Kier alpha value is -0.300. The van der Waals surface area contributed by atoms with Gasteiger partial charge in [0, 0.05) is 0 Å². The highest BCUT2D eigenvalue weighted by molar-refractivity contribution is 4.76. The highest BCUT2D eigenvalue weighted by Crippen LogP contribution is 2.15. The maximum Gasteiger partial charge on any atom is 0.0602 e. The fraction of sp³-hybridized carbons (Fsp3) is 0.778. The molecule has 0 aromatic rings. The monoisotopic (exact) mass is 142 g/mol. The van der Waals surface area contributed by atoms with Crippen LogP contribution in [0.15, 0.2) is 12.7 Å². The molecule has 60 valence electrons. The molecule has 10 heavy (non-hydrogen) atoms. The molecule has 0 rings (SSSR count). The Morgan fingerprint density at radius 2 is 1.90 bits per heavy atom. The molecule has 0 aliphatic rings. The first-order valence-electron chi connectivity index (χ1n) is 4.05. The fourth-order valence-corrected chi connectivity index (χ4v) is 1.20. The van der Waals surface area contributed by atoms with Gasteiger partial charge in [0.15, 0.2) is 0 Å². The molecule has 0 bridgehead atoms. The van der Waals surface area contributed by atoms with Gasteiger partial charge in [-0.05, 0) is 12.3 Å². The zero-order valence-electron chi connectivity index (χ0n) is 7.01. The van der Waals surface area contributed by atoms with E-state index in [0.717, 1.165) is 19.3 Å². The first kappa shape index (κ1) is 9.70. The van der Waals surface area contributed by atoms with Crippen LogP contribution >= 0.6 is 0 Å². The lowest BCUT2D eigenvalue weighted by Crippen LogP contribution is -2.17. The molecule has 0 amide bonds. The molecule has 0 aliphatic heterocycles. The Kier molecular flexibility index (Phi) is 5.32. The molecular weight excluding hydrogens is 124 g/mol. The van der Waals surface area contributed by atoms with Gasteiger partial charge in [-0.1, -0.05) is 32.8 Å². The molecule has 0 spiro atoms. The van der Waals surface area contributed by atoms with Gasteiger partial charge in [-0.3, -0.25) is 0 Å². The lowest BCUT2D eigenvalue weighted by atomic mass is 9.94. The minimum atomic E-state index is -0.174. The van der Waals surface area contributed by atoms with Crippen molar-refractivity contribution in [2.75, 3.05) is 0 Å². The molecule has 0 radical (unpaired) electrons. The summed E-state index contributed by atoms with van der Waals surface area (Å²) in [4.78, 5) is 0. The molecule has 0 aliphatic carbocycles. The van der Waals surface area contributed by atoms with Crippen molar-refractivity contribution in [2.24, 2.45) is 5.92 Å². The third-order valence-electron chi connectivity index (χ3n) is 2.00. The summed E-state index contributed by atoms with van der Waals surface area (Å²) in [7, 11) is 0. The van der Waals surface area contributed by atoms with Crippen molar-refractivity contribution in [3.63, 3.8) is 0 Å². The van der Waals surface area contributed by atoms with E-state index in [9.17, 15) is 5.11 Å². The second-order valence-electron chi connectivity index (χ2n) is 2.67. The Labute approximate surface area is 63.8 Å². The minimum Gasteiger partial charge on any atom is -0.393 e. The number of aliphatic hydroxyl groups is 1. The second kappa shape index (κ2) is 5.48. The van der Waals surface area contributed by atoms with E-state index in [1.54, 1.807) is 6.08 Å². The third kappa shape index (κ3) is 3.02. The van der Waals surface area contributed by atoms with Crippen molar-refractivity contribution in [2.45, 2.75) is 39.2 Å². The Morgan fingerprint density at radius 1 is 1.40 bits per heavy atom. The third-order valence-corrected chi connectivity index (χ3v) is 2.00. The van der Waals surface area contributed by atoms with Gasteiger partial charge >= 0.3 is 0 Å². The van der Waals surface area contributed by atoms with E-state index in [1.807, 2.05) is 0 Å². The largest absolute Gasteiger partial charge is 0.393 e. The lowest BCUT2D eigenvalue weighted by molar-refractivity contribution is 0.105. The Morgan fingerprint density at radius 3 is 2.20 bits per heavy atom. The topological polar surface area (TPSA) is 20.2 Å². The predicted octanol–water partition coefficient (Wildman–Crippen LogP) is 2.36. The molecule has 0 saturated carbocycles. The molecule has 1 N–H and O–H groups in total. The number of hydrogen-bond donors (Lipinski definition) is 1. The Balaban J connectivity index is 3.63. The summed E-state index contributed by atoms with van der Waals surface area (Å²) in [6.07, 6.45) is 4.46. The van der Waals surface area contributed by atoms with Gasteiger partial charge < -0.3 is 5.11 Å². The molecule has 1 atom stereocenters. The van der Waals surface area contributed by atoms with E-state index in [4.69, 9.17) is 0 Å². The van der Waals surface area contributed by atoms with E-state index >= 15 is 0 Å². The maximum atomic E-state index is 9.44. The highest BCUT2D eigenvalue weighted by Gasteiger charge is 2.12. The number of rotatable bonds is 5. The molecule has 0 aromatic heterocycles. The van der Waals surface area contributed by atoms with Crippen LogP contribution in [0.3, 0.4) is 0 Å². The van der Waals surface area contributed by atoms with Crippen molar-refractivity contribution in [3.05, 3.63) is 12.7 Å². The van der Waals surface area contributed by atoms with Gasteiger partial charge in [0.1, 0.15) is 0 Å². The summed E-state index contributed by atoms with van der Waals surface area (Å²) in [5, 5.41) is 9.44. The van der Waals surface area contributed by atoms with Crippen LogP contribution in [-0.4, -0.2) is 11.2 Å². The molecule has 0 fully saturated rings. The maximum absolute atomic E-state index is 9.44. The summed E-state index contributed by atoms with van der Waals surface area (Å²) in [5.74, 6) is 0.456. The summed E-state index contributed by atoms with van der Waals surface area (Å²) < 4.78 is 0. The van der Waals surface area contributed by atoms with Crippen molar-refractivity contribution >= 4 is 0 Å². The van der Waals surface area contributed by atoms with Gasteiger partial charge in [-0.25, -0.2) is 0 Å². The summed E-state index contributed by atoms with van der Waals surface area (Å²) in [5.41, 5.74) is 0. The SMILES string of the molecule is C=CC[C@@H](O)C(CC)CC. The van der Waals surface area contributed by atoms with Gasteiger partial charge in [0.05, 0.1) is 6.10 Å². The lowest BCUT2D eigenvalue weighted by Gasteiger charge is -2.17. The van der Waals surface area contributed by atoms with Gasteiger partial charge in [-0.2, -0.15) is 0 Å². The van der Waals surface area contributed by atoms with Crippen LogP contribution in [0.25, 0.3) is 0 Å². The first-order valence-corrected chi connectivity index (χ1v) is 4.05. The van der Waals surface area contributed by atoms with Crippen LogP contribution in [0.2, 0.25) is 0 Å². The average molecular weight is 142 g/mol. The van der Waals surface area contributed by atoms with Gasteiger partial charge in [0.25, 0.3) is 0 Å². The van der Waals surface area contributed by atoms with E-state index in [0.29, 0.717) is 5.92 Å². The van der Waals surface area contributed by atoms with Crippen molar-refractivity contribution in [1.82, 2.24) is 0 Å². The highest BCUT2D eigenvalue weighted by atomic mass is 16.3. The normalized spacial score (nSPS) is 13.6.